The van der Waals surface area contributed by atoms with Gasteiger partial charge >= 0.3 is 0 Å². The van der Waals surface area contributed by atoms with Crippen molar-refractivity contribution in [2.45, 2.75) is 37.9 Å². The summed E-state index contributed by atoms with van der Waals surface area (Å²) in [5.41, 5.74) is 7.73. The predicted molar refractivity (Wildman–Crippen MR) is 88.6 cm³/mol. The lowest BCUT2D eigenvalue weighted by molar-refractivity contribution is 0.161. The van der Waals surface area contributed by atoms with Crippen molar-refractivity contribution in [3.05, 3.63) is 34.3 Å². The van der Waals surface area contributed by atoms with E-state index in [1.54, 1.807) is 0 Å². The summed E-state index contributed by atoms with van der Waals surface area (Å²) < 4.78 is 1.13. The number of thioether (sulfide) groups is 1. The maximum atomic E-state index is 6.40. The van der Waals surface area contributed by atoms with E-state index in [0.717, 1.165) is 10.9 Å². The van der Waals surface area contributed by atoms with Crippen molar-refractivity contribution < 1.29 is 0 Å². The van der Waals surface area contributed by atoms with Gasteiger partial charge in [0.05, 0.1) is 0 Å². The first-order valence-corrected chi connectivity index (χ1v) is 8.89. The first kappa shape index (κ1) is 15.4. The highest BCUT2D eigenvalue weighted by Crippen LogP contribution is 2.32. The number of hydrogen-bond acceptors (Lipinski definition) is 3. The molecular formula is C15H23BrN2S. The fraction of sp³-hybridized carbons (Fsp3) is 0.600. The Hall–Kier alpha value is -0.0300. The zero-order valence-electron chi connectivity index (χ0n) is 11.7. The molecule has 3 unspecified atom stereocenters. The Morgan fingerprint density at radius 1 is 1.53 bits per heavy atom. The Morgan fingerprint density at radius 3 is 2.89 bits per heavy atom. The number of nitrogens with zero attached hydrogens (tertiary/aromatic N) is 1. The monoisotopic (exact) mass is 342 g/mol. The number of likely N-dealkylation sites (N-methyl/N-ethyl adjacent to an activating group) is 1. The number of nitrogens with two attached hydrogens (primary N) is 1. The third-order valence-electron chi connectivity index (χ3n) is 3.99. The molecule has 2 N–H and O–H groups in total. The number of halogens is 1. The minimum atomic E-state index is 0.185. The molecule has 1 aromatic rings. The molecule has 0 bridgehead atoms. The van der Waals surface area contributed by atoms with Crippen LogP contribution in [0.2, 0.25) is 0 Å². The molecule has 0 amide bonds. The van der Waals surface area contributed by atoms with Gasteiger partial charge in [-0.05, 0) is 43.3 Å². The van der Waals surface area contributed by atoms with E-state index in [2.05, 4.69) is 70.8 Å². The summed E-state index contributed by atoms with van der Waals surface area (Å²) in [7, 11) is 2.23. The lowest BCUT2D eigenvalue weighted by atomic mass is 9.95. The molecule has 0 aliphatic carbocycles. The average Bonchev–Trinajstić information content (AvgIpc) is 2.92. The summed E-state index contributed by atoms with van der Waals surface area (Å²) >= 11 is 5.62. The van der Waals surface area contributed by atoms with Crippen molar-refractivity contribution in [2.24, 2.45) is 5.73 Å². The van der Waals surface area contributed by atoms with Gasteiger partial charge in [0.15, 0.2) is 0 Å². The largest absolute Gasteiger partial charge is 0.326 e. The van der Waals surface area contributed by atoms with Gasteiger partial charge in [-0.15, -0.1) is 0 Å². The van der Waals surface area contributed by atoms with Crippen LogP contribution in [0.15, 0.2) is 28.7 Å². The Balaban J connectivity index is 2.24. The van der Waals surface area contributed by atoms with Gasteiger partial charge in [-0.2, -0.15) is 11.8 Å². The maximum Gasteiger partial charge on any atom is 0.0499 e. The smallest absolute Gasteiger partial charge is 0.0499 e. The normalized spacial score (nSPS) is 22.7. The molecule has 0 radical (unpaired) electrons. The summed E-state index contributed by atoms with van der Waals surface area (Å²) in [6.07, 6.45) is 2.28. The molecule has 19 heavy (non-hydrogen) atoms. The van der Waals surface area contributed by atoms with Crippen LogP contribution in [-0.4, -0.2) is 35.5 Å². The Kier molecular flexibility index (Phi) is 5.75. The minimum Gasteiger partial charge on any atom is -0.326 e. The number of hydrogen-bond donors (Lipinski definition) is 1. The van der Waals surface area contributed by atoms with Gasteiger partial charge < -0.3 is 5.73 Å². The summed E-state index contributed by atoms with van der Waals surface area (Å²) in [6.45, 7) is 2.17. The topological polar surface area (TPSA) is 29.3 Å². The highest BCUT2D eigenvalue weighted by atomic mass is 79.9. The molecule has 1 saturated heterocycles. The molecule has 2 nitrogen and oxygen atoms in total. The number of benzene rings is 1. The lowest BCUT2D eigenvalue weighted by Gasteiger charge is -2.36. The number of rotatable bonds is 5. The molecule has 1 aromatic carbocycles. The SMILES string of the molecule is CCC(N)C(c1cccc(Br)c1)N(C)C1CCSC1. The summed E-state index contributed by atoms with van der Waals surface area (Å²) in [5, 5.41) is 0. The molecule has 1 fully saturated rings. The van der Waals surface area contributed by atoms with Gasteiger partial charge in [0.25, 0.3) is 0 Å². The van der Waals surface area contributed by atoms with Crippen LogP contribution in [-0.2, 0) is 0 Å². The second-order valence-electron chi connectivity index (χ2n) is 5.25. The molecule has 0 spiro atoms. The molecule has 0 saturated carbocycles. The van der Waals surface area contributed by atoms with Gasteiger partial charge in [-0.25, -0.2) is 0 Å². The Bertz CT molecular complexity index is 407. The van der Waals surface area contributed by atoms with E-state index in [1.165, 1.54) is 23.5 Å². The molecule has 3 atom stereocenters. The molecule has 1 aliphatic rings. The minimum absolute atomic E-state index is 0.185. The van der Waals surface area contributed by atoms with Gasteiger partial charge in [-0.3, -0.25) is 4.90 Å². The van der Waals surface area contributed by atoms with E-state index in [4.69, 9.17) is 5.73 Å². The van der Waals surface area contributed by atoms with Gasteiger partial charge in [0, 0.05) is 28.4 Å². The van der Waals surface area contributed by atoms with E-state index >= 15 is 0 Å². The first-order chi connectivity index (χ1) is 9.13. The van der Waals surface area contributed by atoms with E-state index in [1.807, 2.05) is 0 Å². The average molecular weight is 343 g/mol. The molecule has 1 heterocycles. The van der Waals surface area contributed by atoms with Crippen molar-refractivity contribution in [3.63, 3.8) is 0 Å². The second kappa shape index (κ2) is 7.11. The van der Waals surface area contributed by atoms with Crippen LogP contribution in [0.1, 0.15) is 31.4 Å². The summed E-state index contributed by atoms with van der Waals surface area (Å²) in [6, 6.07) is 9.74. The van der Waals surface area contributed by atoms with Crippen LogP contribution in [0.5, 0.6) is 0 Å². The third-order valence-corrected chi connectivity index (χ3v) is 5.63. The molecule has 106 valence electrons. The molecular weight excluding hydrogens is 320 g/mol. The van der Waals surface area contributed by atoms with E-state index in [-0.39, 0.29) is 6.04 Å². The Labute approximate surface area is 129 Å². The van der Waals surface area contributed by atoms with Crippen LogP contribution in [0, 0.1) is 0 Å². The van der Waals surface area contributed by atoms with Crippen LogP contribution in [0.3, 0.4) is 0 Å². The van der Waals surface area contributed by atoms with E-state index in [0.29, 0.717) is 12.1 Å². The van der Waals surface area contributed by atoms with Crippen molar-refractivity contribution in [2.75, 3.05) is 18.6 Å². The Morgan fingerprint density at radius 2 is 2.32 bits per heavy atom. The molecule has 2 rings (SSSR count). The van der Waals surface area contributed by atoms with Gasteiger partial charge in [0.1, 0.15) is 0 Å². The fourth-order valence-corrected chi connectivity index (χ4v) is 4.46. The quantitative estimate of drug-likeness (QED) is 0.885. The van der Waals surface area contributed by atoms with E-state index in [9.17, 15) is 0 Å². The van der Waals surface area contributed by atoms with Crippen LogP contribution >= 0.6 is 27.7 Å². The van der Waals surface area contributed by atoms with E-state index < -0.39 is 0 Å². The van der Waals surface area contributed by atoms with Crippen LogP contribution < -0.4 is 5.73 Å². The summed E-state index contributed by atoms with van der Waals surface area (Å²) in [5.74, 6) is 2.51. The lowest BCUT2D eigenvalue weighted by Crippen LogP contribution is -2.44. The molecule has 4 heteroatoms. The van der Waals surface area contributed by atoms with Crippen molar-refractivity contribution in [1.82, 2.24) is 4.90 Å². The van der Waals surface area contributed by atoms with Crippen molar-refractivity contribution in [1.29, 1.82) is 0 Å². The first-order valence-electron chi connectivity index (χ1n) is 6.94. The van der Waals surface area contributed by atoms with Crippen molar-refractivity contribution >= 4 is 27.7 Å². The molecule has 1 aliphatic heterocycles. The fourth-order valence-electron chi connectivity index (χ4n) is 2.77. The summed E-state index contributed by atoms with van der Waals surface area (Å²) in [4.78, 5) is 2.50. The highest BCUT2D eigenvalue weighted by molar-refractivity contribution is 9.10. The molecule has 0 aromatic heterocycles. The predicted octanol–water partition coefficient (Wildman–Crippen LogP) is 3.66. The van der Waals surface area contributed by atoms with Crippen molar-refractivity contribution in [3.8, 4) is 0 Å². The van der Waals surface area contributed by atoms with Crippen LogP contribution in [0.25, 0.3) is 0 Å². The second-order valence-corrected chi connectivity index (χ2v) is 7.32. The zero-order valence-corrected chi connectivity index (χ0v) is 14.1. The van der Waals surface area contributed by atoms with Crippen LogP contribution in [0.4, 0.5) is 0 Å². The standard InChI is InChI=1S/C15H23BrN2S/c1-3-14(17)15(11-5-4-6-12(16)9-11)18(2)13-7-8-19-10-13/h4-6,9,13-15H,3,7-8,10,17H2,1-2H3. The zero-order chi connectivity index (χ0) is 13.8. The van der Waals surface area contributed by atoms with Gasteiger partial charge in [-0.1, -0.05) is 35.0 Å². The third kappa shape index (κ3) is 3.75. The van der Waals surface area contributed by atoms with Gasteiger partial charge in [0.2, 0.25) is 0 Å². The maximum absolute atomic E-state index is 6.40. The highest BCUT2D eigenvalue weighted by Gasteiger charge is 2.30.